The molecule has 1 N–H and O–H groups in total. The summed E-state index contributed by atoms with van der Waals surface area (Å²) in [6, 6.07) is 8.30. The van der Waals surface area contributed by atoms with Crippen molar-refractivity contribution in [2.45, 2.75) is 32.6 Å². The molecule has 1 aromatic rings. The summed E-state index contributed by atoms with van der Waals surface area (Å²) in [7, 11) is 0. The lowest BCUT2D eigenvalue weighted by atomic mass is 9.87. The highest BCUT2D eigenvalue weighted by Gasteiger charge is 2.14. The zero-order chi connectivity index (χ0) is 14.5. The van der Waals surface area contributed by atoms with Crippen molar-refractivity contribution in [3.8, 4) is 0 Å². The highest BCUT2D eigenvalue weighted by Crippen LogP contribution is 2.25. The number of hydrogen-bond acceptors (Lipinski definition) is 2. The van der Waals surface area contributed by atoms with E-state index in [1.165, 1.54) is 5.56 Å². The maximum Gasteiger partial charge on any atom is 0.305 e. The average molecular weight is 261 g/mol. The summed E-state index contributed by atoms with van der Waals surface area (Å²) in [5.41, 5.74) is 2.44. The lowest BCUT2D eigenvalue weighted by Gasteiger charge is -2.24. The summed E-state index contributed by atoms with van der Waals surface area (Å²) in [5.74, 6) is -0.777. The molecule has 0 atom stereocenters. The first-order chi connectivity index (χ1) is 8.84. The first kappa shape index (κ1) is 15.3. The first-order valence-corrected chi connectivity index (χ1v) is 6.53. The van der Waals surface area contributed by atoms with Gasteiger partial charge in [0.25, 0.3) is 0 Å². The van der Waals surface area contributed by atoms with E-state index in [0.717, 1.165) is 5.69 Å². The average Bonchev–Trinajstić information content (AvgIpc) is 2.33. The highest BCUT2D eigenvalue weighted by molar-refractivity contribution is 5.67. The number of hydrogen-bond donors (Lipinski definition) is 1. The number of carbonyl (C=O) groups is 1. The molecule has 1 aromatic carbocycles. The van der Waals surface area contributed by atoms with E-state index in [4.69, 9.17) is 5.11 Å². The summed E-state index contributed by atoms with van der Waals surface area (Å²) in [6.45, 7) is 11.4. The Morgan fingerprint density at radius 1 is 1.32 bits per heavy atom. The van der Waals surface area contributed by atoms with E-state index in [1.54, 1.807) is 6.08 Å². The Labute approximate surface area is 115 Å². The van der Waals surface area contributed by atoms with Crippen molar-refractivity contribution in [1.29, 1.82) is 0 Å². The second kappa shape index (κ2) is 6.41. The summed E-state index contributed by atoms with van der Waals surface area (Å²) in [4.78, 5) is 12.7. The predicted octanol–water partition coefficient (Wildman–Crippen LogP) is 3.45. The molecule has 0 aliphatic rings. The monoisotopic (exact) mass is 261 g/mol. The summed E-state index contributed by atoms with van der Waals surface area (Å²) in [5, 5.41) is 8.78. The molecule has 3 nitrogen and oxygen atoms in total. The van der Waals surface area contributed by atoms with E-state index in [2.05, 4.69) is 39.5 Å². The molecule has 0 unspecified atom stereocenters. The molecular weight excluding hydrogens is 238 g/mol. The molecule has 0 amide bonds. The van der Waals surface area contributed by atoms with E-state index in [0.29, 0.717) is 13.1 Å². The number of nitrogens with zero attached hydrogens (tertiary/aromatic N) is 1. The Hall–Kier alpha value is -1.77. The van der Waals surface area contributed by atoms with Gasteiger partial charge in [0, 0.05) is 18.8 Å². The molecule has 19 heavy (non-hydrogen) atoms. The third-order valence-corrected chi connectivity index (χ3v) is 3.04. The minimum atomic E-state index is -0.777. The van der Waals surface area contributed by atoms with Crippen LogP contribution in [0.25, 0.3) is 0 Å². The van der Waals surface area contributed by atoms with Crippen LogP contribution >= 0.6 is 0 Å². The fourth-order valence-electron chi connectivity index (χ4n) is 1.88. The third-order valence-electron chi connectivity index (χ3n) is 3.04. The Morgan fingerprint density at radius 2 is 1.89 bits per heavy atom. The van der Waals surface area contributed by atoms with E-state index in [9.17, 15) is 4.79 Å². The second-order valence-electron chi connectivity index (χ2n) is 5.68. The van der Waals surface area contributed by atoms with Gasteiger partial charge in [-0.3, -0.25) is 4.79 Å². The van der Waals surface area contributed by atoms with Crippen LogP contribution in [0.15, 0.2) is 36.9 Å². The number of carboxylic acid groups (broad SMARTS) is 1. The zero-order valence-corrected chi connectivity index (χ0v) is 12.0. The topological polar surface area (TPSA) is 40.5 Å². The Bertz CT molecular complexity index is 429. The largest absolute Gasteiger partial charge is 0.481 e. The van der Waals surface area contributed by atoms with Crippen LogP contribution in [0.4, 0.5) is 5.69 Å². The van der Waals surface area contributed by atoms with Crippen LogP contribution in [0.3, 0.4) is 0 Å². The van der Waals surface area contributed by atoms with Crippen molar-refractivity contribution in [3.63, 3.8) is 0 Å². The van der Waals surface area contributed by atoms with Crippen molar-refractivity contribution in [2.24, 2.45) is 0 Å². The first-order valence-electron chi connectivity index (χ1n) is 6.53. The second-order valence-corrected chi connectivity index (χ2v) is 5.68. The van der Waals surface area contributed by atoms with Gasteiger partial charge < -0.3 is 10.0 Å². The maximum absolute atomic E-state index is 10.7. The van der Waals surface area contributed by atoms with Crippen LogP contribution in [-0.2, 0) is 10.2 Å². The van der Waals surface area contributed by atoms with Gasteiger partial charge in [0.1, 0.15) is 0 Å². The molecule has 0 spiro atoms. The standard InChI is InChI=1S/C16H23NO2/c1-5-11-17(12-10-15(18)19)14-8-6-13(7-9-14)16(2,3)4/h5-9H,1,10-12H2,2-4H3,(H,18,19). The van der Waals surface area contributed by atoms with Crippen molar-refractivity contribution in [2.75, 3.05) is 18.0 Å². The smallest absolute Gasteiger partial charge is 0.305 e. The van der Waals surface area contributed by atoms with Gasteiger partial charge in [-0.05, 0) is 23.1 Å². The number of anilines is 1. The SMILES string of the molecule is C=CCN(CCC(=O)O)c1ccc(C(C)(C)C)cc1. The van der Waals surface area contributed by atoms with E-state index >= 15 is 0 Å². The van der Waals surface area contributed by atoms with Crippen LogP contribution in [0, 0.1) is 0 Å². The van der Waals surface area contributed by atoms with Gasteiger partial charge in [0.15, 0.2) is 0 Å². The highest BCUT2D eigenvalue weighted by atomic mass is 16.4. The van der Waals surface area contributed by atoms with Gasteiger partial charge >= 0.3 is 5.97 Å². The molecule has 0 saturated heterocycles. The molecular formula is C16H23NO2. The molecule has 0 saturated carbocycles. The van der Waals surface area contributed by atoms with Gasteiger partial charge in [0.2, 0.25) is 0 Å². The van der Waals surface area contributed by atoms with Crippen LogP contribution in [0.1, 0.15) is 32.8 Å². The van der Waals surface area contributed by atoms with Crippen LogP contribution in [0.5, 0.6) is 0 Å². The molecule has 0 radical (unpaired) electrons. The molecule has 0 heterocycles. The van der Waals surface area contributed by atoms with Gasteiger partial charge in [-0.15, -0.1) is 6.58 Å². The molecule has 0 aliphatic heterocycles. The minimum absolute atomic E-state index is 0.128. The van der Waals surface area contributed by atoms with Crippen LogP contribution < -0.4 is 4.90 Å². The molecule has 104 valence electrons. The van der Waals surface area contributed by atoms with Crippen molar-refractivity contribution in [1.82, 2.24) is 0 Å². The minimum Gasteiger partial charge on any atom is -0.481 e. The summed E-state index contributed by atoms with van der Waals surface area (Å²) < 4.78 is 0. The quantitative estimate of drug-likeness (QED) is 0.797. The molecule has 3 heteroatoms. The normalized spacial score (nSPS) is 11.1. The van der Waals surface area contributed by atoms with Crippen molar-refractivity contribution < 1.29 is 9.90 Å². The van der Waals surface area contributed by atoms with Crippen LogP contribution in [-0.4, -0.2) is 24.2 Å². The van der Waals surface area contributed by atoms with E-state index in [1.807, 2.05) is 17.0 Å². The fourth-order valence-corrected chi connectivity index (χ4v) is 1.88. The molecule has 0 aromatic heterocycles. The van der Waals surface area contributed by atoms with Gasteiger partial charge in [0.05, 0.1) is 6.42 Å². The van der Waals surface area contributed by atoms with Crippen molar-refractivity contribution in [3.05, 3.63) is 42.5 Å². The lowest BCUT2D eigenvalue weighted by molar-refractivity contribution is -0.136. The molecule has 0 aliphatic carbocycles. The summed E-state index contributed by atoms with van der Waals surface area (Å²) >= 11 is 0. The van der Waals surface area contributed by atoms with Crippen molar-refractivity contribution >= 4 is 11.7 Å². The third kappa shape index (κ3) is 4.78. The molecule has 1 rings (SSSR count). The number of aliphatic carboxylic acids is 1. The van der Waals surface area contributed by atoms with Gasteiger partial charge in [-0.1, -0.05) is 39.0 Å². The van der Waals surface area contributed by atoms with E-state index < -0.39 is 5.97 Å². The van der Waals surface area contributed by atoms with Gasteiger partial charge in [-0.25, -0.2) is 0 Å². The maximum atomic E-state index is 10.7. The number of benzene rings is 1. The molecule has 0 fully saturated rings. The number of rotatable bonds is 6. The lowest BCUT2D eigenvalue weighted by Crippen LogP contribution is -2.26. The Balaban J connectivity index is 2.84. The van der Waals surface area contributed by atoms with Gasteiger partial charge in [-0.2, -0.15) is 0 Å². The van der Waals surface area contributed by atoms with E-state index in [-0.39, 0.29) is 11.8 Å². The summed E-state index contributed by atoms with van der Waals surface area (Å²) in [6.07, 6.45) is 1.92. The Morgan fingerprint density at radius 3 is 2.32 bits per heavy atom. The number of carboxylic acids is 1. The molecule has 0 bridgehead atoms. The van der Waals surface area contributed by atoms with Crippen LogP contribution in [0.2, 0.25) is 0 Å². The predicted molar refractivity (Wildman–Crippen MR) is 79.8 cm³/mol. The fraction of sp³-hybridized carbons (Fsp3) is 0.438. The zero-order valence-electron chi connectivity index (χ0n) is 12.0. The Kier molecular flexibility index (Phi) is 5.16.